The summed E-state index contributed by atoms with van der Waals surface area (Å²) in [4.78, 5) is 14.0. The Morgan fingerprint density at radius 2 is 2.21 bits per heavy atom. The van der Waals surface area contributed by atoms with Gasteiger partial charge in [0.1, 0.15) is 18.4 Å². The molecule has 2 heterocycles. The smallest absolute Gasteiger partial charge is 0.262 e. The number of anilines is 1. The maximum absolute atomic E-state index is 12.0. The number of carbonyl (C=O) groups is 1. The molecule has 1 saturated carbocycles. The molecule has 1 aromatic carbocycles. The maximum atomic E-state index is 12.0. The Bertz CT molecular complexity index is 760. The normalized spacial score (nSPS) is 25.5. The second kappa shape index (κ2) is 5.10. The molecule has 24 heavy (non-hydrogen) atoms. The monoisotopic (exact) mass is 325 g/mol. The Hall–Kier alpha value is -2.30. The molecule has 5 heteroatoms. The molecule has 2 aliphatic heterocycles. The number of ether oxygens (including phenoxy) is 1. The second-order valence-electron chi connectivity index (χ2n) is 7.55. The molecule has 126 valence electrons. The first-order valence-corrected chi connectivity index (χ1v) is 8.48. The lowest BCUT2D eigenvalue weighted by molar-refractivity contribution is -0.122. The van der Waals surface area contributed by atoms with Crippen LogP contribution in [0.5, 0.6) is 5.75 Å². The topological polar surface area (TPSA) is 53.9 Å². The average Bonchev–Trinajstić information content (AvgIpc) is 2.55. The molecule has 0 radical (unpaired) electrons. The number of rotatable bonds is 2. The lowest BCUT2D eigenvalue weighted by atomic mass is 9.59. The van der Waals surface area contributed by atoms with E-state index in [1.165, 1.54) is 11.1 Å². The molecule has 4 rings (SSSR count). The minimum Gasteiger partial charge on any atom is -0.483 e. The number of allylic oxidation sites excluding steroid dienone is 1. The molecule has 1 fully saturated rings. The van der Waals surface area contributed by atoms with Gasteiger partial charge in [-0.1, -0.05) is 32.1 Å². The van der Waals surface area contributed by atoms with Crippen molar-refractivity contribution < 1.29 is 9.53 Å². The fraction of sp³-hybridized carbons (Fsp3) is 0.474. The number of amides is 1. The molecule has 5 nitrogen and oxygen atoms in total. The molecule has 0 bridgehead atoms. The standard InChI is InChI=1S/C19H23N3O2/c1-11-8-19(4,9-11)12(2)14-5-6-16-15(7-14)22-13(3)18(23)21-20-17(22)10-24-16/h5-7,12-13H,1,8-10H2,2-4H3,(H,21,23). The molecule has 1 amide bonds. The van der Waals surface area contributed by atoms with E-state index in [2.05, 4.69) is 43.1 Å². The van der Waals surface area contributed by atoms with Gasteiger partial charge in [-0.3, -0.25) is 4.79 Å². The summed E-state index contributed by atoms with van der Waals surface area (Å²) in [7, 11) is 0. The van der Waals surface area contributed by atoms with Crippen molar-refractivity contribution in [3.05, 3.63) is 35.9 Å². The summed E-state index contributed by atoms with van der Waals surface area (Å²) in [5.74, 6) is 1.90. The van der Waals surface area contributed by atoms with Crippen molar-refractivity contribution >= 4 is 17.4 Å². The number of hydrogen-bond donors (Lipinski definition) is 1. The van der Waals surface area contributed by atoms with Gasteiger partial charge in [-0.25, -0.2) is 5.43 Å². The van der Waals surface area contributed by atoms with E-state index in [9.17, 15) is 4.79 Å². The zero-order valence-electron chi connectivity index (χ0n) is 14.4. The first kappa shape index (κ1) is 15.2. The van der Waals surface area contributed by atoms with Crippen LogP contribution in [-0.2, 0) is 4.79 Å². The van der Waals surface area contributed by atoms with Crippen molar-refractivity contribution in [2.75, 3.05) is 11.5 Å². The highest BCUT2D eigenvalue weighted by atomic mass is 16.5. The number of amidine groups is 1. The number of hydrogen-bond acceptors (Lipinski definition) is 4. The highest BCUT2D eigenvalue weighted by molar-refractivity contribution is 6.09. The zero-order chi connectivity index (χ0) is 17.1. The number of benzene rings is 1. The van der Waals surface area contributed by atoms with Crippen molar-refractivity contribution in [2.24, 2.45) is 10.5 Å². The number of nitrogens with zero attached hydrogens (tertiary/aromatic N) is 2. The Morgan fingerprint density at radius 3 is 2.92 bits per heavy atom. The molecule has 1 aromatic rings. The largest absolute Gasteiger partial charge is 0.483 e. The summed E-state index contributed by atoms with van der Waals surface area (Å²) < 4.78 is 5.82. The van der Waals surface area contributed by atoms with Crippen molar-refractivity contribution in [1.82, 2.24) is 5.43 Å². The lowest BCUT2D eigenvalue weighted by Gasteiger charge is -2.46. The lowest BCUT2D eigenvalue weighted by Crippen LogP contribution is -2.55. The van der Waals surface area contributed by atoms with E-state index in [1.807, 2.05) is 17.9 Å². The van der Waals surface area contributed by atoms with E-state index in [1.54, 1.807) is 0 Å². The third-order valence-electron chi connectivity index (χ3n) is 5.79. The van der Waals surface area contributed by atoms with Crippen LogP contribution in [0.4, 0.5) is 5.69 Å². The molecule has 0 aromatic heterocycles. The number of hydrazone groups is 1. The predicted molar refractivity (Wildman–Crippen MR) is 94.4 cm³/mol. The minimum atomic E-state index is -0.287. The van der Waals surface area contributed by atoms with Crippen molar-refractivity contribution in [3.63, 3.8) is 0 Å². The number of carbonyl (C=O) groups excluding carboxylic acids is 1. The Morgan fingerprint density at radius 1 is 1.46 bits per heavy atom. The third kappa shape index (κ3) is 2.14. The Balaban J connectivity index is 1.72. The van der Waals surface area contributed by atoms with Gasteiger partial charge in [0.05, 0.1) is 5.69 Å². The molecule has 0 saturated heterocycles. The van der Waals surface area contributed by atoms with Crippen molar-refractivity contribution in [3.8, 4) is 5.75 Å². The second-order valence-corrected chi connectivity index (χ2v) is 7.55. The summed E-state index contributed by atoms with van der Waals surface area (Å²) in [6.45, 7) is 11.0. The van der Waals surface area contributed by atoms with Gasteiger partial charge in [0.2, 0.25) is 0 Å². The molecular formula is C19H23N3O2. The minimum absolute atomic E-state index is 0.0905. The van der Waals surface area contributed by atoms with Crippen LogP contribution >= 0.6 is 0 Å². The van der Waals surface area contributed by atoms with Gasteiger partial charge in [0.15, 0.2) is 5.84 Å². The molecular weight excluding hydrogens is 302 g/mol. The summed E-state index contributed by atoms with van der Waals surface area (Å²) in [6, 6.07) is 6.04. The zero-order valence-corrected chi connectivity index (χ0v) is 14.4. The molecule has 1 N–H and O–H groups in total. The van der Waals surface area contributed by atoms with Gasteiger partial charge in [-0.15, -0.1) is 0 Å². The van der Waals surface area contributed by atoms with E-state index in [-0.39, 0.29) is 17.4 Å². The molecule has 2 unspecified atom stereocenters. The maximum Gasteiger partial charge on any atom is 0.262 e. The van der Waals surface area contributed by atoms with E-state index < -0.39 is 0 Å². The quantitative estimate of drug-likeness (QED) is 0.850. The van der Waals surface area contributed by atoms with Crippen molar-refractivity contribution in [1.29, 1.82) is 0 Å². The van der Waals surface area contributed by atoms with Gasteiger partial charge in [0.25, 0.3) is 5.91 Å². The van der Waals surface area contributed by atoms with Gasteiger partial charge in [-0.05, 0) is 48.8 Å². The summed E-state index contributed by atoms with van der Waals surface area (Å²) in [6.07, 6.45) is 2.16. The predicted octanol–water partition coefficient (Wildman–Crippen LogP) is 3.18. The summed E-state index contributed by atoms with van der Waals surface area (Å²) in [5, 5.41) is 4.15. The highest BCUT2D eigenvalue weighted by Gasteiger charge is 2.41. The van der Waals surface area contributed by atoms with E-state index in [0.29, 0.717) is 12.5 Å². The molecule has 3 aliphatic rings. The molecule has 2 atom stereocenters. The third-order valence-corrected chi connectivity index (χ3v) is 5.79. The molecule has 1 aliphatic carbocycles. The first-order chi connectivity index (χ1) is 11.4. The highest BCUT2D eigenvalue weighted by Crippen LogP contribution is 2.54. The fourth-order valence-electron chi connectivity index (χ4n) is 4.11. The Labute approximate surface area is 142 Å². The van der Waals surface area contributed by atoms with Crippen LogP contribution in [0.15, 0.2) is 35.5 Å². The number of fused-ring (bicyclic) bond motifs is 3. The van der Waals surface area contributed by atoms with Crippen LogP contribution in [0.2, 0.25) is 0 Å². The first-order valence-electron chi connectivity index (χ1n) is 8.48. The van der Waals surface area contributed by atoms with Crippen LogP contribution in [0.3, 0.4) is 0 Å². The van der Waals surface area contributed by atoms with Gasteiger partial charge >= 0.3 is 0 Å². The van der Waals surface area contributed by atoms with Gasteiger partial charge in [-0.2, -0.15) is 5.10 Å². The summed E-state index contributed by atoms with van der Waals surface area (Å²) in [5.41, 5.74) is 6.37. The van der Waals surface area contributed by atoms with Crippen molar-refractivity contribution in [2.45, 2.75) is 45.6 Å². The average molecular weight is 325 g/mol. The Kier molecular flexibility index (Phi) is 3.24. The van der Waals surface area contributed by atoms with Crippen LogP contribution in [0.25, 0.3) is 0 Å². The molecule has 0 spiro atoms. The summed E-state index contributed by atoms with van der Waals surface area (Å²) >= 11 is 0. The van der Waals surface area contributed by atoms with Crippen LogP contribution in [-0.4, -0.2) is 24.4 Å². The van der Waals surface area contributed by atoms with E-state index in [4.69, 9.17) is 4.74 Å². The van der Waals surface area contributed by atoms with Crippen LogP contribution in [0.1, 0.15) is 45.1 Å². The number of nitrogens with one attached hydrogen (secondary N) is 1. The van der Waals surface area contributed by atoms with Gasteiger partial charge < -0.3 is 9.64 Å². The fourth-order valence-corrected chi connectivity index (χ4v) is 4.11. The van der Waals surface area contributed by atoms with Crippen LogP contribution in [0, 0.1) is 5.41 Å². The van der Waals surface area contributed by atoms with E-state index in [0.717, 1.165) is 30.1 Å². The van der Waals surface area contributed by atoms with Gasteiger partial charge in [0, 0.05) is 0 Å². The van der Waals surface area contributed by atoms with E-state index >= 15 is 0 Å². The van der Waals surface area contributed by atoms with Crippen LogP contribution < -0.4 is 15.1 Å². The SMILES string of the molecule is C=C1CC(C)(C(C)c2ccc3c(c2)N2C(=NNC(=O)C2C)CO3)C1.